The van der Waals surface area contributed by atoms with Crippen LogP contribution in [-0.2, 0) is 4.79 Å². The van der Waals surface area contributed by atoms with Crippen LogP contribution in [0.25, 0.3) is 0 Å². The monoisotopic (exact) mass is 382 g/mol. The molecular formula is C23H30N2O3. The summed E-state index contributed by atoms with van der Waals surface area (Å²) in [7, 11) is 1.62. The van der Waals surface area contributed by atoms with Gasteiger partial charge in [0.2, 0.25) is 0 Å². The molecule has 5 nitrogen and oxygen atoms in total. The van der Waals surface area contributed by atoms with E-state index in [-0.39, 0.29) is 5.91 Å². The number of rotatable bonds is 6. The van der Waals surface area contributed by atoms with Gasteiger partial charge in [0.1, 0.15) is 11.5 Å². The normalized spacial score (nSPS) is 15.3. The molecule has 2 aromatic rings. The van der Waals surface area contributed by atoms with E-state index in [9.17, 15) is 4.79 Å². The van der Waals surface area contributed by atoms with Crippen molar-refractivity contribution in [3.63, 3.8) is 0 Å². The van der Waals surface area contributed by atoms with Gasteiger partial charge in [0.05, 0.1) is 7.11 Å². The molecule has 1 aliphatic heterocycles. The fraction of sp³-hybridized carbons (Fsp3) is 0.435. The topological polar surface area (TPSA) is 42.0 Å². The number of amides is 1. The Bertz CT molecular complexity index is 813. The maximum absolute atomic E-state index is 13.0. The number of benzene rings is 2. The van der Waals surface area contributed by atoms with Crippen LogP contribution in [-0.4, -0.2) is 50.2 Å². The largest absolute Gasteiger partial charge is 0.497 e. The zero-order valence-corrected chi connectivity index (χ0v) is 17.3. The van der Waals surface area contributed by atoms with E-state index >= 15 is 0 Å². The van der Waals surface area contributed by atoms with E-state index in [1.54, 1.807) is 7.11 Å². The van der Waals surface area contributed by atoms with Crippen LogP contribution in [0.1, 0.15) is 24.5 Å². The standard InChI is InChI=1S/C23H30N2O3/c1-5-22(28-20-10-7-9-19(16-20)27-4)23(26)25-14-12-24(13-15-25)21-11-6-8-17(2)18(21)3/h6-11,16,22H,5,12-15H2,1-4H3. The molecule has 2 aromatic carbocycles. The first-order valence-electron chi connectivity index (χ1n) is 9.94. The van der Waals surface area contributed by atoms with Gasteiger partial charge in [-0.05, 0) is 49.6 Å². The Morgan fingerprint density at radius 2 is 1.71 bits per heavy atom. The van der Waals surface area contributed by atoms with Crippen LogP contribution in [0.4, 0.5) is 5.69 Å². The van der Waals surface area contributed by atoms with Crippen LogP contribution in [0.2, 0.25) is 0 Å². The second-order valence-corrected chi connectivity index (χ2v) is 7.23. The Hall–Kier alpha value is -2.69. The molecule has 1 saturated heterocycles. The predicted molar refractivity (Wildman–Crippen MR) is 112 cm³/mol. The second-order valence-electron chi connectivity index (χ2n) is 7.23. The lowest BCUT2D eigenvalue weighted by Gasteiger charge is -2.38. The molecule has 3 rings (SSSR count). The van der Waals surface area contributed by atoms with E-state index in [4.69, 9.17) is 9.47 Å². The molecule has 0 radical (unpaired) electrons. The van der Waals surface area contributed by atoms with Crippen molar-refractivity contribution in [2.45, 2.75) is 33.3 Å². The summed E-state index contributed by atoms with van der Waals surface area (Å²) < 4.78 is 11.2. The van der Waals surface area contributed by atoms with Crippen molar-refractivity contribution in [1.29, 1.82) is 0 Å². The lowest BCUT2D eigenvalue weighted by molar-refractivity contribution is -0.139. The number of methoxy groups -OCH3 is 1. The summed E-state index contributed by atoms with van der Waals surface area (Å²) in [6.45, 7) is 9.39. The van der Waals surface area contributed by atoms with Gasteiger partial charge in [-0.1, -0.05) is 25.1 Å². The molecule has 1 atom stereocenters. The fourth-order valence-corrected chi connectivity index (χ4v) is 3.60. The van der Waals surface area contributed by atoms with Crippen molar-refractivity contribution in [1.82, 2.24) is 4.90 Å². The number of carbonyl (C=O) groups is 1. The summed E-state index contributed by atoms with van der Waals surface area (Å²) >= 11 is 0. The Labute approximate surface area is 167 Å². The summed E-state index contributed by atoms with van der Waals surface area (Å²) in [6, 6.07) is 13.8. The van der Waals surface area contributed by atoms with Gasteiger partial charge < -0.3 is 19.3 Å². The second kappa shape index (κ2) is 9.00. The first-order chi connectivity index (χ1) is 13.5. The number of anilines is 1. The molecule has 0 saturated carbocycles. The number of aryl methyl sites for hydroxylation is 1. The van der Waals surface area contributed by atoms with Gasteiger partial charge in [-0.3, -0.25) is 4.79 Å². The molecule has 0 spiro atoms. The molecule has 1 heterocycles. The number of hydrogen-bond donors (Lipinski definition) is 0. The zero-order valence-electron chi connectivity index (χ0n) is 17.3. The average Bonchev–Trinajstić information content (AvgIpc) is 2.74. The highest BCUT2D eigenvalue weighted by Crippen LogP contribution is 2.25. The van der Waals surface area contributed by atoms with Crippen molar-refractivity contribution in [2.24, 2.45) is 0 Å². The van der Waals surface area contributed by atoms with Crippen molar-refractivity contribution in [3.05, 3.63) is 53.6 Å². The summed E-state index contributed by atoms with van der Waals surface area (Å²) in [6.07, 6.45) is 0.159. The van der Waals surface area contributed by atoms with Crippen LogP contribution in [0.15, 0.2) is 42.5 Å². The van der Waals surface area contributed by atoms with Gasteiger partial charge in [-0.25, -0.2) is 0 Å². The van der Waals surface area contributed by atoms with E-state index in [0.29, 0.717) is 25.3 Å². The molecule has 1 aliphatic rings. The highest BCUT2D eigenvalue weighted by atomic mass is 16.5. The number of piperazine rings is 1. The Kier molecular flexibility index (Phi) is 6.45. The van der Waals surface area contributed by atoms with Crippen LogP contribution >= 0.6 is 0 Å². The molecular weight excluding hydrogens is 352 g/mol. The highest BCUT2D eigenvalue weighted by molar-refractivity contribution is 5.81. The van der Waals surface area contributed by atoms with Crippen LogP contribution in [0.3, 0.4) is 0 Å². The Morgan fingerprint density at radius 1 is 1.04 bits per heavy atom. The first-order valence-corrected chi connectivity index (χ1v) is 9.94. The molecule has 0 aliphatic carbocycles. The van der Waals surface area contributed by atoms with Crippen molar-refractivity contribution in [3.8, 4) is 11.5 Å². The highest BCUT2D eigenvalue weighted by Gasteiger charge is 2.28. The maximum atomic E-state index is 13.0. The zero-order chi connectivity index (χ0) is 20.1. The number of hydrogen-bond acceptors (Lipinski definition) is 4. The SMILES string of the molecule is CCC(Oc1cccc(OC)c1)C(=O)N1CCN(c2cccc(C)c2C)CC1. The minimum atomic E-state index is -0.473. The summed E-state index contributed by atoms with van der Waals surface area (Å²) in [5.74, 6) is 1.45. The molecule has 28 heavy (non-hydrogen) atoms. The fourth-order valence-electron chi connectivity index (χ4n) is 3.60. The quantitative estimate of drug-likeness (QED) is 0.762. The smallest absolute Gasteiger partial charge is 0.263 e. The molecule has 5 heteroatoms. The third-order valence-electron chi connectivity index (χ3n) is 5.47. The molecule has 0 aromatic heterocycles. The average molecular weight is 383 g/mol. The molecule has 0 bridgehead atoms. The van der Waals surface area contributed by atoms with Gasteiger partial charge in [0.15, 0.2) is 6.10 Å². The van der Waals surface area contributed by atoms with Crippen LogP contribution in [0.5, 0.6) is 11.5 Å². The minimum Gasteiger partial charge on any atom is -0.497 e. The van der Waals surface area contributed by atoms with E-state index in [1.807, 2.05) is 36.1 Å². The van der Waals surface area contributed by atoms with Gasteiger partial charge in [-0.15, -0.1) is 0 Å². The van der Waals surface area contributed by atoms with Gasteiger partial charge in [-0.2, -0.15) is 0 Å². The van der Waals surface area contributed by atoms with E-state index in [0.717, 1.165) is 18.8 Å². The number of nitrogens with zero attached hydrogens (tertiary/aromatic N) is 2. The number of carbonyl (C=O) groups excluding carboxylic acids is 1. The van der Waals surface area contributed by atoms with Crippen LogP contribution < -0.4 is 14.4 Å². The van der Waals surface area contributed by atoms with Crippen molar-refractivity contribution < 1.29 is 14.3 Å². The van der Waals surface area contributed by atoms with E-state index in [2.05, 4.69) is 36.9 Å². The van der Waals surface area contributed by atoms with Gasteiger partial charge in [0, 0.05) is 37.9 Å². The summed E-state index contributed by atoms with van der Waals surface area (Å²) in [5, 5.41) is 0. The molecule has 1 unspecified atom stereocenters. The third-order valence-corrected chi connectivity index (χ3v) is 5.47. The first kappa shape index (κ1) is 20.1. The molecule has 1 fully saturated rings. The molecule has 150 valence electrons. The Balaban J connectivity index is 1.62. The minimum absolute atomic E-state index is 0.0611. The number of ether oxygens (including phenoxy) is 2. The lowest BCUT2D eigenvalue weighted by Crippen LogP contribution is -2.52. The van der Waals surface area contributed by atoms with Gasteiger partial charge in [0.25, 0.3) is 5.91 Å². The summed E-state index contributed by atoms with van der Waals surface area (Å²) in [5.41, 5.74) is 3.88. The Morgan fingerprint density at radius 3 is 2.39 bits per heavy atom. The lowest BCUT2D eigenvalue weighted by atomic mass is 10.1. The van der Waals surface area contributed by atoms with Gasteiger partial charge >= 0.3 is 0 Å². The van der Waals surface area contributed by atoms with Crippen molar-refractivity contribution >= 4 is 11.6 Å². The van der Waals surface area contributed by atoms with E-state index in [1.165, 1.54) is 16.8 Å². The van der Waals surface area contributed by atoms with Crippen LogP contribution in [0, 0.1) is 13.8 Å². The summed E-state index contributed by atoms with van der Waals surface area (Å²) in [4.78, 5) is 17.3. The van der Waals surface area contributed by atoms with Crippen molar-refractivity contribution in [2.75, 3.05) is 38.2 Å². The maximum Gasteiger partial charge on any atom is 0.263 e. The molecule has 1 amide bonds. The third kappa shape index (κ3) is 4.41. The molecule has 0 N–H and O–H groups in total. The van der Waals surface area contributed by atoms with E-state index < -0.39 is 6.10 Å². The predicted octanol–water partition coefficient (Wildman–Crippen LogP) is 3.82.